The van der Waals surface area contributed by atoms with Crippen LogP contribution in [0.25, 0.3) is 0 Å². The second-order valence-electron chi connectivity index (χ2n) is 4.56. The summed E-state index contributed by atoms with van der Waals surface area (Å²) in [5.74, 6) is 2.45. The van der Waals surface area contributed by atoms with Crippen LogP contribution in [0, 0.1) is 5.92 Å². The van der Waals surface area contributed by atoms with Gasteiger partial charge >= 0.3 is 0 Å². The van der Waals surface area contributed by atoms with Crippen LogP contribution in [0.3, 0.4) is 0 Å². The van der Waals surface area contributed by atoms with Gasteiger partial charge in [-0.3, -0.25) is 0 Å². The van der Waals surface area contributed by atoms with Gasteiger partial charge in [0.25, 0.3) is 0 Å². The molecule has 0 amide bonds. The lowest BCUT2D eigenvalue weighted by Crippen LogP contribution is -2.30. The Morgan fingerprint density at radius 2 is 2.20 bits per heavy atom. The molecule has 2 aliphatic rings. The van der Waals surface area contributed by atoms with E-state index in [9.17, 15) is 0 Å². The molecule has 3 rings (SSSR count). The lowest BCUT2D eigenvalue weighted by molar-refractivity contribution is 0.644. The van der Waals surface area contributed by atoms with Crippen LogP contribution in [0.5, 0.6) is 0 Å². The molecule has 1 atom stereocenters. The summed E-state index contributed by atoms with van der Waals surface area (Å²) in [7, 11) is 0. The van der Waals surface area contributed by atoms with Gasteiger partial charge in [0, 0.05) is 30.0 Å². The predicted octanol–water partition coefficient (Wildman–Crippen LogP) is 1.56. The molecule has 2 saturated carbocycles. The van der Waals surface area contributed by atoms with Crippen molar-refractivity contribution in [1.29, 1.82) is 0 Å². The van der Waals surface area contributed by atoms with E-state index < -0.39 is 0 Å². The highest BCUT2D eigenvalue weighted by atomic mass is 32.1. The van der Waals surface area contributed by atoms with Gasteiger partial charge in [-0.15, -0.1) is 0 Å². The Morgan fingerprint density at radius 1 is 1.40 bits per heavy atom. The van der Waals surface area contributed by atoms with E-state index in [-0.39, 0.29) is 0 Å². The minimum absolute atomic E-state index is 0.407. The van der Waals surface area contributed by atoms with Gasteiger partial charge < -0.3 is 11.1 Å². The van der Waals surface area contributed by atoms with E-state index in [4.69, 9.17) is 5.73 Å². The van der Waals surface area contributed by atoms with Crippen molar-refractivity contribution in [3.63, 3.8) is 0 Å². The molecular weight excluding hydrogens is 208 g/mol. The standard InChI is InChI=1S/C10H16N4S/c11-5-8(6-1-2-6)12-10-13-9(14-15-10)7-3-4-7/h6-8H,1-5,11H2,(H,12,13,14). The monoisotopic (exact) mass is 224 g/mol. The maximum absolute atomic E-state index is 5.73. The van der Waals surface area contributed by atoms with Crippen molar-refractivity contribution < 1.29 is 0 Å². The molecule has 2 fully saturated rings. The first-order chi connectivity index (χ1) is 7.36. The van der Waals surface area contributed by atoms with Crippen LogP contribution < -0.4 is 11.1 Å². The number of nitrogens with one attached hydrogen (secondary N) is 1. The summed E-state index contributed by atoms with van der Waals surface area (Å²) in [6.07, 6.45) is 5.14. The number of rotatable bonds is 5. The number of nitrogens with zero attached hydrogens (tertiary/aromatic N) is 2. The van der Waals surface area contributed by atoms with Crippen molar-refractivity contribution in [2.75, 3.05) is 11.9 Å². The number of hydrogen-bond acceptors (Lipinski definition) is 5. The molecule has 0 bridgehead atoms. The Balaban J connectivity index is 1.64. The van der Waals surface area contributed by atoms with E-state index in [0.29, 0.717) is 18.5 Å². The third kappa shape index (κ3) is 2.13. The third-order valence-corrected chi connectivity index (χ3v) is 3.80. The van der Waals surface area contributed by atoms with Crippen LogP contribution in [-0.4, -0.2) is 21.9 Å². The summed E-state index contributed by atoms with van der Waals surface area (Å²) in [6.45, 7) is 0.697. The van der Waals surface area contributed by atoms with Gasteiger partial charge in [-0.25, -0.2) is 4.98 Å². The summed E-state index contributed by atoms with van der Waals surface area (Å²) >= 11 is 1.48. The van der Waals surface area contributed by atoms with Crippen LogP contribution in [-0.2, 0) is 0 Å². The van der Waals surface area contributed by atoms with Gasteiger partial charge in [0.15, 0.2) is 0 Å². The van der Waals surface area contributed by atoms with E-state index in [1.807, 2.05) is 0 Å². The summed E-state index contributed by atoms with van der Waals surface area (Å²) in [6, 6.07) is 0.407. The first kappa shape index (κ1) is 9.54. The first-order valence-corrected chi connectivity index (χ1v) is 6.44. The minimum atomic E-state index is 0.407. The normalized spacial score (nSPS) is 22.7. The Hall–Kier alpha value is -0.680. The zero-order valence-corrected chi connectivity index (χ0v) is 9.46. The fraction of sp³-hybridized carbons (Fsp3) is 0.800. The Bertz CT molecular complexity index is 343. The summed E-state index contributed by atoms with van der Waals surface area (Å²) in [5.41, 5.74) is 5.73. The van der Waals surface area contributed by atoms with Crippen LogP contribution in [0.15, 0.2) is 0 Å². The zero-order chi connectivity index (χ0) is 10.3. The molecule has 1 heterocycles. The summed E-state index contributed by atoms with van der Waals surface area (Å²) < 4.78 is 4.37. The molecule has 4 nitrogen and oxygen atoms in total. The van der Waals surface area contributed by atoms with Gasteiger partial charge in [-0.1, -0.05) is 0 Å². The van der Waals surface area contributed by atoms with Crippen LogP contribution >= 0.6 is 11.5 Å². The molecule has 1 aromatic heterocycles. The van der Waals surface area contributed by atoms with Gasteiger partial charge in [-0.2, -0.15) is 4.37 Å². The molecule has 0 spiro atoms. The van der Waals surface area contributed by atoms with Crippen molar-refractivity contribution in [2.24, 2.45) is 11.7 Å². The topological polar surface area (TPSA) is 63.8 Å². The molecule has 0 saturated heterocycles. The second kappa shape index (κ2) is 3.72. The fourth-order valence-corrected chi connectivity index (χ4v) is 2.54. The molecule has 0 radical (unpaired) electrons. The first-order valence-electron chi connectivity index (χ1n) is 5.67. The Morgan fingerprint density at radius 3 is 2.80 bits per heavy atom. The molecule has 1 unspecified atom stereocenters. The van der Waals surface area contributed by atoms with Gasteiger partial charge in [0.2, 0.25) is 5.13 Å². The Kier molecular flexibility index (Phi) is 2.36. The number of anilines is 1. The van der Waals surface area contributed by atoms with Crippen LogP contribution in [0.1, 0.15) is 37.4 Å². The molecule has 5 heteroatoms. The highest BCUT2D eigenvalue weighted by molar-refractivity contribution is 7.09. The number of aromatic nitrogens is 2. The summed E-state index contributed by atoms with van der Waals surface area (Å²) in [5, 5.41) is 4.37. The van der Waals surface area contributed by atoms with E-state index in [0.717, 1.165) is 16.9 Å². The third-order valence-electron chi connectivity index (χ3n) is 3.14. The second-order valence-corrected chi connectivity index (χ2v) is 5.31. The molecule has 0 aromatic carbocycles. The number of hydrogen-bond donors (Lipinski definition) is 2. The van der Waals surface area contributed by atoms with Gasteiger partial charge in [0.1, 0.15) is 5.82 Å². The average Bonchev–Trinajstić information content (AvgIpc) is 3.14. The van der Waals surface area contributed by atoms with E-state index in [2.05, 4.69) is 14.7 Å². The minimum Gasteiger partial charge on any atom is -0.356 e. The SMILES string of the molecule is NCC(Nc1nc(C2CC2)ns1)C1CC1. The largest absolute Gasteiger partial charge is 0.356 e. The van der Waals surface area contributed by atoms with Crippen LogP contribution in [0.2, 0.25) is 0 Å². The molecule has 1 aromatic rings. The lowest BCUT2D eigenvalue weighted by atomic mass is 10.2. The molecule has 2 aliphatic carbocycles. The number of nitrogens with two attached hydrogens (primary N) is 1. The van der Waals surface area contributed by atoms with Crippen molar-refractivity contribution in [3.05, 3.63) is 5.82 Å². The molecule has 82 valence electrons. The predicted molar refractivity (Wildman–Crippen MR) is 61.1 cm³/mol. The molecule has 3 N–H and O–H groups in total. The van der Waals surface area contributed by atoms with Crippen molar-refractivity contribution in [2.45, 2.75) is 37.6 Å². The zero-order valence-electron chi connectivity index (χ0n) is 8.65. The molecule has 15 heavy (non-hydrogen) atoms. The average molecular weight is 224 g/mol. The van der Waals surface area contributed by atoms with Crippen LogP contribution in [0.4, 0.5) is 5.13 Å². The maximum atomic E-state index is 5.73. The molecule has 0 aliphatic heterocycles. The maximum Gasteiger partial charge on any atom is 0.202 e. The van der Waals surface area contributed by atoms with E-state index >= 15 is 0 Å². The summed E-state index contributed by atoms with van der Waals surface area (Å²) in [4.78, 5) is 4.51. The Labute approximate surface area is 93.4 Å². The van der Waals surface area contributed by atoms with Gasteiger partial charge in [-0.05, 0) is 31.6 Å². The van der Waals surface area contributed by atoms with Crippen molar-refractivity contribution >= 4 is 16.7 Å². The van der Waals surface area contributed by atoms with E-state index in [1.165, 1.54) is 37.2 Å². The van der Waals surface area contributed by atoms with Crippen molar-refractivity contribution in [3.8, 4) is 0 Å². The van der Waals surface area contributed by atoms with Crippen molar-refractivity contribution in [1.82, 2.24) is 9.36 Å². The lowest BCUT2D eigenvalue weighted by Gasteiger charge is -2.13. The molecular formula is C10H16N4S. The van der Waals surface area contributed by atoms with E-state index in [1.54, 1.807) is 0 Å². The smallest absolute Gasteiger partial charge is 0.202 e. The fourth-order valence-electron chi connectivity index (χ4n) is 1.83. The highest BCUT2D eigenvalue weighted by Crippen LogP contribution is 2.40. The quantitative estimate of drug-likeness (QED) is 0.796. The van der Waals surface area contributed by atoms with Gasteiger partial charge in [0.05, 0.1) is 0 Å². The highest BCUT2D eigenvalue weighted by Gasteiger charge is 2.32.